The predicted molar refractivity (Wildman–Crippen MR) is 113 cm³/mol. The maximum atomic E-state index is 12.9. The Morgan fingerprint density at radius 3 is 2.81 bits per heavy atom. The van der Waals surface area contributed by atoms with E-state index < -0.39 is 0 Å². The first-order valence-electron chi connectivity index (χ1n) is 9.04. The summed E-state index contributed by atoms with van der Waals surface area (Å²) >= 11 is 3.41. The summed E-state index contributed by atoms with van der Waals surface area (Å²) in [6.45, 7) is 6.07. The standard InChI is InChI=1S/C21H22BrN3O2/c1-4-14(3)27-17-8-6-7-15(11-17)13-23-25-20(5-2)24-19-10-9-16(22)12-18(19)21(25)26/h6-14H,4-5H2,1-3H3/t14-/m1/s1. The number of aryl methyl sites for hydroxylation is 1. The third-order valence-corrected chi connectivity index (χ3v) is 4.78. The van der Waals surface area contributed by atoms with Gasteiger partial charge in [0.05, 0.1) is 23.2 Å². The predicted octanol–water partition coefficient (Wildman–Crippen LogP) is 4.78. The van der Waals surface area contributed by atoms with Gasteiger partial charge in [0.15, 0.2) is 0 Å². The highest BCUT2D eigenvalue weighted by Crippen LogP contribution is 2.17. The van der Waals surface area contributed by atoms with Crippen molar-refractivity contribution < 1.29 is 4.74 Å². The molecule has 0 aliphatic carbocycles. The van der Waals surface area contributed by atoms with Crippen molar-refractivity contribution in [2.45, 2.75) is 39.7 Å². The van der Waals surface area contributed by atoms with Crippen molar-refractivity contribution in [1.29, 1.82) is 0 Å². The fraction of sp³-hybridized carbons (Fsp3) is 0.286. The molecule has 3 rings (SSSR count). The Morgan fingerprint density at radius 2 is 2.07 bits per heavy atom. The SMILES string of the molecule is CCc1nc2ccc(Br)cc2c(=O)n1N=Cc1cccc(O[C@H](C)CC)c1. The summed E-state index contributed by atoms with van der Waals surface area (Å²) in [5.41, 5.74) is 1.36. The molecule has 0 aliphatic rings. The summed E-state index contributed by atoms with van der Waals surface area (Å²) in [5.74, 6) is 1.41. The zero-order valence-corrected chi connectivity index (χ0v) is 17.2. The van der Waals surface area contributed by atoms with E-state index >= 15 is 0 Å². The number of hydrogen-bond acceptors (Lipinski definition) is 4. The highest BCUT2D eigenvalue weighted by molar-refractivity contribution is 9.10. The van der Waals surface area contributed by atoms with E-state index in [4.69, 9.17) is 4.74 Å². The zero-order chi connectivity index (χ0) is 19.4. The van der Waals surface area contributed by atoms with Crippen LogP contribution in [0.1, 0.15) is 38.6 Å². The van der Waals surface area contributed by atoms with Gasteiger partial charge in [-0.15, -0.1) is 0 Å². The normalized spacial score (nSPS) is 12.6. The Morgan fingerprint density at radius 1 is 1.26 bits per heavy atom. The van der Waals surface area contributed by atoms with Crippen LogP contribution in [-0.4, -0.2) is 22.0 Å². The molecule has 0 amide bonds. The molecule has 0 radical (unpaired) electrons. The molecule has 1 aromatic heterocycles. The molecule has 0 saturated heterocycles. The summed E-state index contributed by atoms with van der Waals surface area (Å²) in [5, 5.41) is 4.95. The first-order valence-corrected chi connectivity index (χ1v) is 9.83. The fourth-order valence-electron chi connectivity index (χ4n) is 2.65. The maximum Gasteiger partial charge on any atom is 0.282 e. The van der Waals surface area contributed by atoms with Gasteiger partial charge in [-0.05, 0) is 49.2 Å². The number of nitrogens with zero attached hydrogens (tertiary/aromatic N) is 3. The molecular weight excluding hydrogens is 406 g/mol. The molecule has 0 unspecified atom stereocenters. The molecule has 27 heavy (non-hydrogen) atoms. The van der Waals surface area contributed by atoms with Crippen LogP contribution < -0.4 is 10.3 Å². The molecule has 140 valence electrons. The lowest BCUT2D eigenvalue weighted by Gasteiger charge is -2.12. The number of aromatic nitrogens is 2. The second kappa shape index (κ2) is 8.48. The molecule has 0 saturated carbocycles. The minimum Gasteiger partial charge on any atom is -0.491 e. The second-order valence-electron chi connectivity index (χ2n) is 6.31. The van der Waals surface area contributed by atoms with Crippen LogP contribution >= 0.6 is 15.9 Å². The van der Waals surface area contributed by atoms with E-state index in [-0.39, 0.29) is 11.7 Å². The highest BCUT2D eigenvalue weighted by atomic mass is 79.9. The first kappa shape index (κ1) is 19.3. The summed E-state index contributed by atoms with van der Waals surface area (Å²) in [6.07, 6.45) is 3.35. The maximum absolute atomic E-state index is 12.9. The molecule has 0 spiro atoms. The van der Waals surface area contributed by atoms with Crippen LogP contribution in [0.5, 0.6) is 5.75 Å². The highest BCUT2D eigenvalue weighted by Gasteiger charge is 2.09. The van der Waals surface area contributed by atoms with Crippen LogP contribution in [0.4, 0.5) is 0 Å². The molecule has 6 heteroatoms. The molecular formula is C21H22BrN3O2. The van der Waals surface area contributed by atoms with Gasteiger partial charge in [-0.25, -0.2) is 4.98 Å². The van der Waals surface area contributed by atoms with Crippen molar-refractivity contribution in [2.24, 2.45) is 5.10 Å². The Bertz CT molecular complexity index is 1040. The summed E-state index contributed by atoms with van der Waals surface area (Å²) in [7, 11) is 0. The van der Waals surface area contributed by atoms with Crippen molar-refractivity contribution in [1.82, 2.24) is 9.66 Å². The Kier molecular flexibility index (Phi) is 6.06. The average Bonchev–Trinajstić information content (AvgIpc) is 2.67. The van der Waals surface area contributed by atoms with Crippen LogP contribution in [0.15, 0.2) is 56.8 Å². The third kappa shape index (κ3) is 4.45. The smallest absolute Gasteiger partial charge is 0.282 e. The molecule has 5 nitrogen and oxygen atoms in total. The van der Waals surface area contributed by atoms with Gasteiger partial charge in [0, 0.05) is 10.9 Å². The van der Waals surface area contributed by atoms with Crippen LogP contribution in [0.25, 0.3) is 10.9 Å². The van der Waals surface area contributed by atoms with Gasteiger partial charge >= 0.3 is 0 Å². The first-order chi connectivity index (χ1) is 13.0. The van der Waals surface area contributed by atoms with Gasteiger partial charge in [-0.1, -0.05) is 41.9 Å². The lowest BCUT2D eigenvalue weighted by atomic mass is 10.2. The van der Waals surface area contributed by atoms with Crippen molar-refractivity contribution in [2.75, 3.05) is 0 Å². The van der Waals surface area contributed by atoms with Crippen molar-refractivity contribution in [3.05, 3.63) is 68.7 Å². The van der Waals surface area contributed by atoms with Gasteiger partial charge in [-0.2, -0.15) is 9.78 Å². The van der Waals surface area contributed by atoms with E-state index in [0.717, 1.165) is 22.2 Å². The summed E-state index contributed by atoms with van der Waals surface area (Å²) < 4.78 is 8.06. The number of hydrogen-bond donors (Lipinski definition) is 0. The van der Waals surface area contributed by atoms with Gasteiger partial charge in [0.1, 0.15) is 11.6 Å². The monoisotopic (exact) mass is 427 g/mol. The Balaban J connectivity index is 2.00. The van der Waals surface area contributed by atoms with Gasteiger partial charge in [-0.3, -0.25) is 4.79 Å². The van der Waals surface area contributed by atoms with Gasteiger partial charge < -0.3 is 4.74 Å². The van der Waals surface area contributed by atoms with E-state index in [1.165, 1.54) is 4.68 Å². The topological polar surface area (TPSA) is 56.5 Å². The summed E-state index contributed by atoms with van der Waals surface area (Å²) in [6, 6.07) is 13.2. The van der Waals surface area contributed by atoms with Crippen LogP contribution in [-0.2, 0) is 6.42 Å². The van der Waals surface area contributed by atoms with E-state index in [1.54, 1.807) is 12.3 Å². The Labute approximate surface area is 166 Å². The molecule has 3 aromatic rings. The number of halogens is 1. The van der Waals surface area contributed by atoms with Gasteiger partial charge in [0.2, 0.25) is 0 Å². The lowest BCUT2D eigenvalue weighted by Crippen LogP contribution is -2.22. The second-order valence-corrected chi connectivity index (χ2v) is 7.23. The minimum absolute atomic E-state index is 0.148. The fourth-order valence-corrected chi connectivity index (χ4v) is 3.01. The van der Waals surface area contributed by atoms with E-state index in [0.29, 0.717) is 23.1 Å². The van der Waals surface area contributed by atoms with E-state index in [2.05, 4.69) is 32.9 Å². The lowest BCUT2D eigenvalue weighted by molar-refractivity contribution is 0.217. The number of benzene rings is 2. The largest absolute Gasteiger partial charge is 0.491 e. The van der Waals surface area contributed by atoms with E-state index in [9.17, 15) is 4.79 Å². The molecule has 0 N–H and O–H groups in total. The zero-order valence-electron chi connectivity index (χ0n) is 15.6. The van der Waals surface area contributed by atoms with Crippen LogP contribution in [0.2, 0.25) is 0 Å². The third-order valence-electron chi connectivity index (χ3n) is 4.28. The molecule has 1 heterocycles. The minimum atomic E-state index is -0.179. The van der Waals surface area contributed by atoms with Crippen LogP contribution in [0.3, 0.4) is 0 Å². The van der Waals surface area contributed by atoms with Crippen molar-refractivity contribution in [3.63, 3.8) is 0 Å². The van der Waals surface area contributed by atoms with Crippen molar-refractivity contribution >= 4 is 33.0 Å². The number of rotatable bonds is 6. The van der Waals surface area contributed by atoms with Crippen LogP contribution in [0, 0.1) is 0 Å². The van der Waals surface area contributed by atoms with Crippen molar-refractivity contribution in [3.8, 4) is 5.75 Å². The Hall–Kier alpha value is -2.47. The average molecular weight is 428 g/mol. The van der Waals surface area contributed by atoms with Gasteiger partial charge in [0.25, 0.3) is 5.56 Å². The number of ether oxygens (including phenoxy) is 1. The molecule has 1 atom stereocenters. The quantitative estimate of drug-likeness (QED) is 0.531. The molecule has 0 bridgehead atoms. The molecule has 0 fully saturated rings. The van der Waals surface area contributed by atoms with E-state index in [1.807, 2.05) is 50.2 Å². The number of fused-ring (bicyclic) bond motifs is 1. The summed E-state index contributed by atoms with van der Waals surface area (Å²) in [4.78, 5) is 17.5. The molecule has 0 aliphatic heterocycles. The molecule has 2 aromatic carbocycles.